The molecule has 0 aliphatic carbocycles. The van der Waals surface area contributed by atoms with Crippen molar-refractivity contribution in [2.75, 3.05) is 13.2 Å². The van der Waals surface area contributed by atoms with Gasteiger partial charge in [0.25, 0.3) is 0 Å². The molecule has 0 saturated heterocycles. The van der Waals surface area contributed by atoms with Crippen molar-refractivity contribution in [3.8, 4) is 0 Å². The van der Waals surface area contributed by atoms with Gasteiger partial charge >= 0.3 is 5.97 Å². The highest BCUT2D eigenvalue weighted by atomic mass is 16.5. The molecule has 0 unspecified atom stereocenters. The molecule has 0 aliphatic heterocycles. The summed E-state index contributed by atoms with van der Waals surface area (Å²) in [5.74, 6) is -0.159. The maximum Gasteiger partial charge on any atom is 0.311 e. The van der Waals surface area contributed by atoms with Crippen LogP contribution in [0.15, 0.2) is 4.99 Å². The fourth-order valence-electron chi connectivity index (χ4n) is 1.16. The number of ether oxygens (including phenoxy) is 1. The van der Waals surface area contributed by atoms with E-state index < -0.39 is 0 Å². The molecule has 3 heteroatoms. The van der Waals surface area contributed by atoms with Crippen molar-refractivity contribution in [3.05, 3.63) is 0 Å². The fraction of sp³-hybridized carbons (Fsp3) is 0.833. The molecular formula is C12H23NO2. The van der Waals surface area contributed by atoms with Gasteiger partial charge in [0.15, 0.2) is 0 Å². The second-order valence-corrected chi connectivity index (χ2v) is 3.72. The van der Waals surface area contributed by atoms with Gasteiger partial charge in [-0.1, -0.05) is 26.7 Å². The minimum atomic E-state index is -0.159. The number of aliphatic imine (C=N–C) groups is 1. The van der Waals surface area contributed by atoms with E-state index in [1.807, 2.05) is 13.8 Å². The molecule has 0 bridgehead atoms. The van der Waals surface area contributed by atoms with E-state index in [4.69, 9.17) is 4.74 Å². The summed E-state index contributed by atoms with van der Waals surface area (Å²) in [5, 5.41) is 0. The molecule has 0 amide bonds. The lowest BCUT2D eigenvalue weighted by Gasteiger charge is -2.02. The summed E-state index contributed by atoms with van der Waals surface area (Å²) in [6.45, 7) is 7.39. The minimum absolute atomic E-state index is 0.159. The Kier molecular flexibility index (Phi) is 9.13. The third-order valence-electron chi connectivity index (χ3n) is 2.01. The van der Waals surface area contributed by atoms with Crippen LogP contribution in [0.2, 0.25) is 0 Å². The van der Waals surface area contributed by atoms with Crippen LogP contribution < -0.4 is 0 Å². The maximum absolute atomic E-state index is 11.2. The van der Waals surface area contributed by atoms with E-state index in [0.29, 0.717) is 13.0 Å². The molecule has 0 N–H and O–H groups in total. The highest BCUT2D eigenvalue weighted by Gasteiger charge is 2.03. The van der Waals surface area contributed by atoms with Crippen LogP contribution in [0.3, 0.4) is 0 Å². The van der Waals surface area contributed by atoms with Crippen LogP contribution >= 0.6 is 0 Å². The van der Waals surface area contributed by atoms with Crippen molar-refractivity contribution >= 4 is 11.7 Å². The molecule has 0 saturated carbocycles. The number of carbonyl (C=O) groups excluding carboxylic acids is 1. The molecule has 0 aromatic carbocycles. The summed E-state index contributed by atoms with van der Waals surface area (Å²) >= 11 is 0. The Morgan fingerprint density at radius 1 is 1.20 bits per heavy atom. The lowest BCUT2D eigenvalue weighted by molar-refractivity contribution is -0.142. The number of nitrogens with zero attached hydrogens (tertiary/aromatic N) is 1. The van der Waals surface area contributed by atoms with Gasteiger partial charge in [-0.05, 0) is 19.8 Å². The van der Waals surface area contributed by atoms with Gasteiger partial charge in [0.2, 0.25) is 0 Å². The van der Waals surface area contributed by atoms with Gasteiger partial charge in [-0.25, -0.2) is 0 Å². The predicted octanol–water partition coefficient (Wildman–Crippen LogP) is 2.98. The Morgan fingerprint density at radius 2 is 1.93 bits per heavy atom. The zero-order valence-corrected chi connectivity index (χ0v) is 10.2. The van der Waals surface area contributed by atoms with E-state index in [1.165, 1.54) is 12.8 Å². The normalized spacial score (nSPS) is 11.5. The second kappa shape index (κ2) is 9.69. The molecule has 88 valence electrons. The molecule has 15 heavy (non-hydrogen) atoms. The van der Waals surface area contributed by atoms with E-state index in [2.05, 4.69) is 11.9 Å². The summed E-state index contributed by atoms with van der Waals surface area (Å²) in [6.07, 6.45) is 4.73. The van der Waals surface area contributed by atoms with Crippen molar-refractivity contribution < 1.29 is 9.53 Å². The van der Waals surface area contributed by atoms with Crippen LogP contribution in [-0.4, -0.2) is 24.8 Å². The number of carbonyl (C=O) groups is 1. The van der Waals surface area contributed by atoms with Crippen LogP contribution in [0.5, 0.6) is 0 Å². The number of rotatable bonds is 8. The van der Waals surface area contributed by atoms with Crippen LogP contribution in [0.4, 0.5) is 0 Å². The van der Waals surface area contributed by atoms with Gasteiger partial charge in [0.1, 0.15) is 0 Å². The molecule has 0 atom stereocenters. The highest BCUT2D eigenvalue weighted by molar-refractivity contribution is 5.97. The molecule has 0 aromatic rings. The average Bonchev–Trinajstić information content (AvgIpc) is 2.21. The standard InChI is InChI=1S/C12H23NO2/c1-4-6-7-8-13-11(3)10-12(14)15-9-5-2/h4-10H2,1-3H3/b13-11-. The molecule has 0 rings (SSSR count). The number of hydrogen-bond donors (Lipinski definition) is 0. The van der Waals surface area contributed by atoms with Gasteiger partial charge in [-0.3, -0.25) is 9.79 Å². The molecule has 0 aliphatic rings. The summed E-state index contributed by atoms with van der Waals surface area (Å²) in [4.78, 5) is 15.5. The van der Waals surface area contributed by atoms with E-state index in [-0.39, 0.29) is 5.97 Å². The summed E-state index contributed by atoms with van der Waals surface area (Å²) in [6, 6.07) is 0. The largest absolute Gasteiger partial charge is 0.465 e. The van der Waals surface area contributed by atoms with Gasteiger partial charge in [0.05, 0.1) is 13.0 Å². The molecular weight excluding hydrogens is 190 g/mol. The van der Waals surface area contributed by atoms with Gasteiger partial charge in [-0.15, -0.1) is 0 Å². The van der Waals surface area contributed by atoms with Gasteiger partial charge in [0, 0.05) is 12.3 Å². The first-order valence-electron chi connectivity index (χ1n) is 5.86. The van der Waals surface area contributed by atoms with E-state index in [9.17, 15) is 4.79 Å². The Labute approximate surface area is 92.9 Å². The Morgan fingerprint density at radius 3 is 2.53 bits per heavy atom. The third-order valence-corrected chi connectivity index (χ3v) is 2.01. The first-order valence-corrected chi connectivity index (χ1v) is 5.86. The summed E-state index contributed by atoms with van der Waals surface area (Å²) < 4.78 is 4.97. The smallest absolute Gasteiger partial charge is 0.311 e. The van der Waals surface area contributed by atoms with Crippen molar-refractivity contribution in [1.82, 2.24) is 0 Å². The molecule has 0 fully saturated rings. The van der Waals surface area contributed by atoms with Crippen LogP contribution in [-0.2, 0) is 9.53 Å². The third kappa shape index (κ3) is 9.44. The summed E-state index contributed by atoms with van der Waals surface area (Å²) in [7, 11) is 0. The molecule has 3 nitrogen and oxygen atoms in total. The molecule has 0 radical (unpaired) electrons. The van der Waals surface area contributed by atoms with Crippen molar-refractivity contribution in [2.24, 2.45) is 4.99 Å². The second-order valence-electron chi connectivity index (χ2n) is 3.72. The van der Waals surface area contributed by atoms with Crippen LogP contribution in [0.1, 0.15) is 52.9 Å². The van der Waals surface area contributed by atoms with Crippen molar-refractivity contribution in [3.63, 3.8) is 0 Å². The Bertz CT molecular complexity index is 200. The number of esters is 1. The van der Waals surface area contributed by atoms with Crippen molar-refractivity contribution in [2.45, 2.75) is 52.9 Å². The Hall–Kier alpha value is -0.860. The minimum Gasteiger partial charge on any atom is -0.465 e. The zero-order chi connectivity index (χ0) is 11.5. The number of hydrogen-bond acceptors (Lipinski definition) is 3. The SMILES string of the molecule is CCCCC/N=C(/C)CC(=O)OCCC. The number of unbranched alkanes of at least 4 members (excludes halogenated alkanes) is 2. The molecule has 0 spiro atoms. The van der Waals surface area contributed by atoms with Crippen molar-refractivity contribution in [1.29, 1.82) is 0 Å². The lowest BCUT2D eigenvalue weighted by Crippen LogP contribution is -2.10. The van der Waals surface area contributed by atoms with E-state index in [0.717, 1.165) is 25.1 Å². The van der Waals surface area contributed by atoms with Crippen LogP contribution in [0, 0.1) is 0 Å². The van der Waals surface area contributed by atoms with E-state index >= 15 is 0 Å². The first-order chi connectivity index (χ1) is 7.20. The fourth-order valence-corrected chi connectivity index (χ4v) is 1.16. The summed E-state index contributed by atoms with van der Waals surface area (Å²) in [5.41, 5.74) is 0.882. The maximum atomic E-state index is 11.2. The highest BCUT2D eigenvalue weighted by Crippen LogP contribution is 1.97. The van der Waals surface area contributed by atoms with E-state index in [1.54, 1.807) is 0 Å². The molecule has 0 aromatic heterocycles. The van der Waals surface area contributed by atoms with Crippen LogP contribution in [0.25, 0.3) is 0 Å². The quantitative estimate of drug-likeness (QED) is 0.353. The average molecular weight is 213 g/mol. The monoisotopic (exact) mass is 213 g/mol. The lowest BCUT2D eigenvalue weighted by atomic mass is 10.2. The molecule has 0 heterocycles. The van der Waals surface area contributed by atoms with Gasteiger partial charge in [-0.2, -0.15) is 0 Å². The van der Waals surface area contributed by atoms with Gasteiger partial charge < -0.3 is 4.74 Å². The zero-order valence-electron chi connectivity index (χ0n) is 10.2. The topological polar surface area (TPSA) is 38.7 Å². The predicted molar refractivity (Wildman–Crippen MR) is 63.4 cm³/mol. The first kappa shape index (κ1) is 14.1. The Balaban J connectivity index is 3.61.